The van der Waals surface area contributed by atoms with Gasteiger partial charge in [0.2, 0.25) is 5.95 Å². The number of halogens is 1. The SMILES string of the molecule is NCCc1cc(Br)nc(N2CCCC2)n1. The lowest BCUT2D eigenvalue weighted by Gasteiger charge is -2.15. The monoisotopic (exact) mass is 270 g/mol. The zero-order valence-corrected chi connectivity index (χ0v) is 10.2. The molecular formula is C10H15BrN4. The summed E-state index contributed by atoms with van der Waals surface area (Å²) in [5.74, 6) is 0.838. The van der Waals surface area contributed by atoms with Gasteiger partial charge >= 0.3 is 0 Å². The zero-order chi connectivity index (χ0) is 10.7. The quantitative estimate of drug-likeness (QED) is 0.843. The fourth-order valence-electron chi connectivity index (χ4n) is 1.79. The predicted molar refractivity (Wildman–Crippen MR) is 63.9 cm³/mol. The molecule has 1 aliphatic rings. The Kier molecular flexibility index (Phi) is 3.53. The Morgan fingerprint density at radius 2 is 2.07 bits per heavy atom. The molecule has 1 fully saturated rings. The highest BCUT2D eigenvalue weighted by atomic mass is 79.9. The summed E-state index contributed by atoms with van der Waals surface area (Å²) in [5.41, 5.74) is 6.54. The Bertz CT molecular complexity index is 336. The first-order valence-corrected chi connectivity index (χ1v) is 6.07. The van der Waals surface area contributed by atoms with Crippen LogP contribution in [0.25, 0.3) is 0 Å². The molecule has 0 spiro atoms. The lowest BCUT2D eigenvalue weighted by molar-refractivity contribution is 0.849. The highest BCUT2D eigenvalue weighted by Gasteiger charge is 2.15. The van der Waals surface area contributed by atoms with Crippen molar-refractivity contribution < 1.29 is 0 Å². The molecule has 0 atom stereocenters. The molecule has 1 aromatic heterocycles. The first kappa shape index (κ1) is 10.8. The van der Waals surface area contributed by atoms with Gasteiger partial charge < -0.3 is 10.6 Å². The molecular weight excluding hydrogens is 256 g/mol. The van der Waals surface area contributed by atoms with Gasteiger partial charge in [-0.15, -0.1) is 0 Å². The third kappa shape index (κ3) is 2.66. The highest BCUT2D eigenvalue weighted by Crippen LogP contribution is 2.19. The molecule has 1 aromatic rings. The van der Waals surface area contributed by atoms with Crippen molar-refractivity contribution in [2.75, 3.05) is 24.5 Å². The van der Waals surface area contributed by atoms with Gasteiger partial charge in [0.25, 0.3) is 0 Å². The maximum Gasteiger partial charge on any atom is 0.226 e. The van der Waals surface area contributed by atoms with E-state index >= 15 is 0 Å². The number of nitrogens with two attached hydrogens (primary N) is 1. The van der Waals surface area contributed by atoms with Crippen LogP contribution in [0, 0.1) is 0 Å². The topological polar surface area (TPSA) is 55.0 Å². The maximum absolute atomic E-state index is 5.52. The van der Waals surface area contributed by atoms with E-state index in [1.165, 1.54) is 12.8 Å². The van der Waals surface area contributed by atoms with Crippen LogP contribution in [0.2, 0.25) is 0 Å². The van der Waals surface area contributed by atoms with Gasteiger partial charge in [0.1, 0.15) is 4.60 Å². The fourth-order valence-corrected chi connectivity index (χ4v) is 2.21. The van der Waals surface area contributed by atoms with Crippen molar-refractivity contribution in [2.24, 2.45) is 5.73 Å². The van der Waals surface area contributed by atoms with Gasteiger partial charge in [0.15, 0.2) is 0 Å². The Morgan fingerprint density at radius 3 is 2.73 bits per heavy atom. The summed E-state index contributed by atoms with van der Waals surface area (Å²) in [7, 11) is 0. The van der Waals surface area contributed by atoms with E-state index in [-0.39, 0.29) is 0 Å². The first-order chi connectivity index (χ1) is 7.29. The average molecular weight is 271 g/mol. The van der Waals surface area contributed by atoms with Crippen molar-refractivity contribution in [1.82, 2.24) is 9.97 Å². The third-order valence-electron chi connectivity index (χ3n) is 2.53. The van der Waals surface area contributed by atoms with Crippen LogP contribution in [-0.4, -0.2) is 29.6 Å². The van der Waals surface area contributed by atoms with Gasteiger partial charge in [-0.05, 0) is 41.4 Å². The van der Waals surface area contributed by atoms with Crippen LogP contribution in [0.5, 0.6) is 0 Å². The summed E-state index contributed by atoms with van der Waals surface area (Å²) in [6.07, 6.45) is 3.28. The molecule has 0 bridgehead atoms. The summed E-state index contributed by atoms with van der Waals surface area (Å²) in [4.78, 5) is 11.1. The molecule has 15 heavy (non-hydrogen) atoms. The molecule has 5 heteroatoms. The average Bonchev–Trinajstić information content (AvgIpc) is 2.70. The molecule has 2 N–H and O–H groups in total. The van der Waals surface area contributed by atoms with Gasteiger partial charge in [0, 0.05) is 25.2 Å². The van der Waals surface area contributed by atoms with E-state index in [9.17, 15) is 0 Å². The van der Waals surface area contributed by atoms with E-state index in [1.807, 2.05) is 6.07 Å². The van der Waals surface area contributed by atoms with Gasteiger partial charge in [-0.2, -0.15) is 0 Å². The van der Waals surface area contributed by atoms with E-state index in [1.54, 1.807) is 0 Å². The van der Waals surface area contributed by atoms with Gasteiger partial charge in [-0.3, -0.25) is 0 Å². The van der Waals surface area contributed by atoms with Crippen LogP contribution >= 0.6 is 15.9 Å². The lowest BCUT2D eigenvalue weighted by atomic mass is 10.3. The van der Waals surface area contributed by atoms with E-state index in [4.69, 9.17) is 5.73 Å². The molecule has 1 saturated heterocycles. The van der Waals surface area contributed by atoms with E-state index in [0.717, 1.165) is 35.8 Å². The number of rotatable bonds is 3. The predicted octanol–water partition coefficient (Wildman–Crippen LogP) is 1.34. The van der Waals surface area contributed by atoms with Crippen molar-refractivity contribution in [3.63, 3.8) is 0 Å². The standard InChI is InChI=1S/C10H15BrN4/c11-9-7-8(3-4-12)13-10(14-9)15-5-1-2-6-15/h7H,1-6,12H2. The number of aromatic nitrogens is 2. The van der Waals surface area contributed by atoms with E-state index < -0.39 is 0 Å². The smallest absolute Gasteiger partial charge is 0.226 e. The molecule has 0 amide bonds. The number of hydrogen-bond donors (Lipinski definition) is 1. The van der Waals surface area contributed by atoms with Crippen molar-refractivity contribution >= 4 is 21.9 Å². The van der Waals surface area contributed by atoms with Crippen LogP contribution in [-0.2, 0) is 6.42 Å². The first-order valence-electron chi connectivity index (χ1n) is 5.28. The fraction of sp³-hybridized carbons (Fsp3) is 0.600. The summed E-state index contributed by atoms with van der Waals surface area (Å²) >= 11 is 3.41. The van der Waals surface area contributed by atoms with Crippen LogP contribution in [0.15, 0.2) is 10.7 Å². The van der Waals surface area contributed by atoms with Crippen LogP contribution in [0.1, 0.15) is 18.5 Å². The van der Waals surface area contributed by atoms with Gasteiger partial charge in [-0.1, -0.05) is 0 Å². The summed E-state index contributed by atoms with van der Waals surface area (Å²) in [6.45, 7) is 2.76. The summed E-state index contributed by atoms with van der Waals surface area (Å²) in [5, 5.41) is 0. The summed E-state index contributed by atoms with van der Waals surface area (Å²) < 4.78 is 0.850. The molecule has 82 valence electrons. The molecule has 1 aliphatic heterocycles. The molecule has 4 nitrogen and oxygen atoms in total. The molecule has 2 rings (SSSR count). The van der Waals surface area contributed by atoms with Gasteiger partial charge in [0.05, 0.1) is 0 Å². The Balaban J connectivity index is 2.22. The largest absolute Gasteiger partial charge is 0.341 e. The molecule has 0 unspecified atom stereocenters. The van der Waals surface area contributed by atoms with Crippen LogP contribution < -0.4 is 10.6 Å². The van der Waals surface area contributed by atoms with E-state index in [0.29, 0.717) is 6.54 Å². The van der Waals surface area contributed by atoms with Crippen molar-refractivity contribution in [1.29, 1.82) is 0 Å². The Morgan fingerprint density at radius 1 is 1.33 bits per heavy atom. The van der Waals surface area contributed by atoms with Crippen molar-refractivity contribution in [2.45, 2.75) is 19.3 Å². The lowest BCUT2D eigenvalue weighted by Crippen LogP contribution is -2.21. The molecule has 0 aliphatic carbocycles. The minimum absolute atomic E-state index is 0.628. The molecule has 0 saturated carbocycles. The second kappa shape index (κ2) is 4.90. The Labute approximate surface area is 98.0 Å². The van der Waals surface area contributed by atoms with E-state index in [2.05, 4.69) is 30.8 Å². The second-order valence-corrected chi connectivity index (χ2v) is 4.53. The third-order valence-corrected chi connectivity index (χ3v) is 2.93. The number of hydrogen-bond acceptors (Lipinski definition) is 4. The van der Waals surface area contributed by atoms with Crippen LogP contribution in [0.3, 0.4) is 0 Å². The number of anilines is 1. The summed E-state index contributed by atoms with van der Waals surface area (Å²) in [6, 6.07) is 1.94. The number of nitrogens with zero attached hydrogens (tertiary/aromatic N) is 3. The minimum Gasteiger partial charge on any atom is -0.341 e. The highest BCUT2D eigenvalue weighted by molar-refractivity contribution is 9.10. The maximum atomic E-state index is 5.52. The Hall–Kier alpha value is -0.680. The zero-order valence-electron chi connectivity index (χ0n) is 8.62. The molecule has 0 aromatic carbocycles. The van der Waals surface area contributed by atoms with Crippen molar-refractivity contribution in [3.05, 3.63) is 16.4 Å². The van der Waals surface area contributed by atoms with Crippen molar-refractivity contribution in [3.8, 4) is 0 Å². The van der Waals surface area contributed by atoms with Crippen LogP contribution in [0.4, 0.5) is 5.95 Å². The van der Waals surface area contributed by atoms with Gasteiger partial charge in [-0.25, -0.2) is 9.97 Å². The second-order valence-electron chi connectivity index (χ2n) is 3.71. The minimum atomic E-state index is 0.628. The normalized spacial score (nSPS) is 16.0. The molecule has 0 radical (unpaired) electrons. The molecule has 2 heterocycles.